The average Bonchev–Trinajstić information content (AvgIpc) is 2.67. The zero-order valence-electron chi connectivity index (χ0n) is 13.9. The van der Waals surface area contributed by atoms with Gasteiger partial charge in [0.25, 0.3) is 5.91 Å². The van der Waals surface area contributed by atoms with E-state index in [-0.39, 0.29) is 11.8 Å². The van der Waals surface area contributed by atoms with Crippen molar-refractivity contribution in [1.82, 2.24) is 14.7 Å². The first-order valence-corrected chi connectivity index (χ1v) is 8.49. The van der Waals surface area contributed by atoms with Gasteiger partial charge in [-0.2, -0.15) is 0 Å². The molecule has 5 nitrogen and oxygen atoms in total. The van der Waals surface area contributed by atoms with Gasteiger partial charge in [0.1, 0.15) is 0 Å². The summed E-state index contributed by atoms with van der Waals surface area (Å²) in [4.78, 5) is 32.1. The molecule has 22 heavy (non-hydrogen) atoms. The number of nitrogens with zero attached hydrogens (tertiary/aromatic N) is 3. The van der Waals surface area contributed by atoms with Crippen LogP contribution in [-0.2, 0) is 4.79 Å². The summed E-state index contributed by atoms with van der Waals surface area (Å²) in [5.41, 5.74) is 1.18. The van der Waals surface area contributed by atoms with E-state index >= 15 is 0 Å². The monoisotopic (exact) mass is 323 g/mol. The van der Waals surface area contributed by atoms with Crippen molar-refractivity contribution in [3.63, 3.8) is 0 Å². The predicted octanol–water partition coefficient (Wildman–Crippen LogP) is 1.60. The number of rotatable bonds is 3. The summed E-state index contributed by atoms with van der Waals surface area (Å²) >= 11 is 1.57. The normalized spacial score (nSPS) is 16.5. The minimum atomic E-state index is 0.115. The molecule has 0 N–H and O–H groups in total. The second kappa shape index (κ2) is 7.24. The molecule has 0 saturated carbocycles. The molecular formula is C16H25N3O2S. The quantitative estimate of drug-likeness (QED) is 0.849. The molecule has 6 heteroatoms. The van der Waals surface area contributed by atoms with Gasteiger partial charge < -0.3 is 9.80 Å². The number of thiophene rings is 1. The van der Waals surface area contributed by atoms with Gasteiger partial charge in [0, 0.05) is 45.2 Å². The van der Waals surface area contributed by atoms with Crippen molar-refractivity contribution in [2.45, 2.75) is 20.3 Å². The minimum absolute atomic E-state index is 0.115. The van der Waals surface area contributed by atoms with Crippen molar-refractivity contribution in [3.05, 3.63) is 21.4 Å². The van der Waals surface area contributed by atoms with E-state index in [0.29, 0.717) is 13.1 Å². The number of carbonyl (C=O) groups is 2. The third-order valence-electron chi connectivity index (χ3n) is 4.11. The van der Waals surface area contributed by atoms with Gasteiger partial charge in [-0.15, -0.1) is 11.3 Å². The molecule has 2 amide bonds. The van der Waals surface area contributed by atoms with Crippen LogP contribution in [0.5, 0.6) is 0 Å². The van der Waals surface area contributed by atoms with Gasteiger partial charge in [-0.3, -0.25) is 14.5 Å². The van der Waals surface area contributed by atoms with E-state index < -0.39 is 0 Å². The van der Waals surface area contributed by atoms with Gasteiger partial charge in [-0.1, -0.05) is 0 Å². The number of hydrogen-bond donors (Lipinski definition) is 0. The Balaban J connectivity index is 1.95. The summed E-state index contributed by atoms with van der Waals surface area (Å²) in [5.74, 6) is 0.242. The third-order valence-corrected chi connectivity index (χ3v) is 5.25. The second-order valence-electron chi connectivity index (χ2n) is 6.06. The topological polar surface area (TPSA) is 43.9 Å². The highest BCUT2D eigenvalue weighted by Crippen LogP contribution is 2.22. The zero-order chi connectivity index (χ0) is 16.3. The first-order chi connectivity index (χ1) is 10.4. The molecule has 0 radical (unpaired) electrons. The van der Waals surface area contributed by atoms with Gasteiger partial charge in [0.05, 0.1) is 11.4 Å². The van der Waals surface area contributed by atoms with Crippen LogP contribution in [0.4, 0.5) is 0 Å². The van der Waals surface area contributed by atoms with Gasteiger partial charge >= 0.3 is 0 Å². The molecule has 0 atom stereocenters. The highest BCUT2D eigenvalue weighted by atomic mass is 32.1. The Hall–Kier alpha value is -1.40. The Morgan fingerprint density at radius 3 is 2.50 bits per heavy atom. The maximum Gasteiger partial charge on any atom is 0.263 e. The lowest BCUT2D eigenvalue weighted by Crippen LogP contribution is -2.39. The molecule has 0 bridgehead atoms. The summed E-state index contributed by atoms with van der Waals surface area (Å²) in [5, 5.41) is 0. The van der Waals surface area contributed by atoms with E-state index in [4.69, 9.17) is 0 Å². The van der Waals surface area contributed by atoms with E-state index in [9.17, 15) is 9.59 Å². The van der Waals surface area contributed by atoms with Crippen LogP contribution >= 0.6 is 11.3 Å². The van der Waals surface area contributed by atoms with Crippen LogP contribution < -0.4 is 0 Å². The van der Waals surface area contributed by atoms with E-state index in [1.807, 2.05) is 24.8 Å². The molecule has 1 aromatic rings. The second-order valence-corrected chi connectivity index (χ2v) is 7.32. The Morgan fingerprint density at radius 2 is 1.91 bits per heavy atom. The van der Waals surface area contributed by atoms with Gasteiger partial charge in [0.2, 0.25) is 5.91 Å². The molecule has 1 aromatic heterocycles. The first kappa shape index (κ1) is 17.0. The first-order valence-electron chi connectivity index (χ1n) is 7.67. The standard InChI is InChI=1S/C16H25N3O2S/c1-12-10-14(22-13(12)2)16(21)19-7-5-6-18(8-9-19)11-15(20)17(3)4/h10H,5-9,11H2,1-4H3. The largest absolute Gasteiger partial charge is 0.348 e. The Kier molecular flexibility index (Phi) is 5.58. The summed E-state index contributed by atoms with van der Waals surface area (Å²) in [7, 11) is 3.55. The Bertz CT molecular complexity index is 534. The number of carbonyl (C=O) groups excluding carboxylic acids is 2. The maximum absolute atomic E-state index is 12.6. The number of amides is 2. The van der Waals surface area contributed by atoms with E-state index in [0.717, 1.165) is 30.9 Å². The van der Waals surface area contributed by atoms with Gasteiger partial charge in [-0.05, 0) is 31.9 Å². The van der Waals surface area contributed by atoms with Crippen molar-refractivity contribution in [2.75, 3.05) is 46.8 Å². The molecule has 1 saturated heterocycles. The van der Waals surface area contributed by atoms with E-state index in [1.165, 1.54) is 10.4 Å². The summed E-state index contributed by atoms with van der Waals surface area (Å²) in [6.07, 6.45) is 0.912. The zero-order valence-corrected chi connectivity index (χ0v) is 14.7. The molecule has 122 valence electrons. The lowest BCUT2D eigenvalue weighted by molar-refractivity contribution is -0.129. The average molecular weight is 323 g/mol. The van der Waals surface area contributed by atoms with Crippen molar-refractivity contribution >= 4 is 23.2 Å². The minimum Gasteiger partial charge on any atom is -0.348 e. The smallest absolute Gasteiger partial charge is 0.263 e. The van der Waals surface area contributed by atoms with E-state index in [1.54, 1.807) is 30.3 Å². The third kappa shape index (κ3) is 4.08. The Morgan fingerprint density at radius 1 is 1.18 bits per heavy atom. The fourth-order valence-electron chi connectivity index (χ4n) is 2.50. The fraction of sp³-hybridized carbons (Fsp3) is 0.625. The van der Waals surface area contributed by atoms with Crippen LogP contribution in [0.1, 0.15) is 26.5 Å². The van der Waals surface area contributed by atoms with Gasteiger partial charge in [-0.25, -0.2) is 0 Å². The highest BCUT2D eigenvalue weighted by molar-refractivity contribution is 7.14. The molecule has 2 rings (SSSR count). The van der Waals surface area contributed by atoms with Crippen molar-refractivity contribution in [2.24, 2.45) is 0 Å². The number of likely N-dealkylation sites (N-methyl/N-ethyl adjacent to an activating group) is 1. The molecule has 2 heterocycles. The molecule has 0 unspecified atom stereocenters. The van der Waals surface area contributed by atoms with Crippen LogP contribution in [0, 0.1) is 13.8 Å². The maximum atomic E-state index is 12.6. The molecule has 0 spiro atoms. The lowest BCUT2D eigenvalue weighted by atomic mass is 10.2. The van der Waals surface area contributed by atoms with E-state index in [2.05, 4.69) is 4.90 Å². The molecular weight excluding hydrogens is 298 g/mol. The SMILES string of the molecule is Cc1cc(C(=O)N2CCCN(CC(=O)N(C)C)CC2)sc1C. The molecule has 1 aliphatic heterocycles. The molecule has 1 aliphatic rings. The van der Waals surface area contributed by atoms with Crippen molar-refractivity contribution < 1.29 is 9.59 Å². The van der Waals surface area contributed by atoms with Crippen LogP contribution in [0.25, 0.3) is 0 Å². The number of aryl methyl sites for hydroxylation is 2. The summed E-state index contributed by atoms with van der Waals surface area (Å²) in [6, 6.07) is 1.99. The summed E-state index contributed by atoms with van der Waals surface area (Å²) in [6.45, 7) is 7.61. The van der Waals surface area contributed by atoms with Crippen molar-refractivity contribution in [1.29, 1.82) is 0 Å². The number of hydrogen-bond acceptors (Lipinski definition) is 4. The van der Waals surface area contributed by atoms with Crippen LogP contribution in [0.2, 0.25) is 0 Å². The van der Waals surface area contributed by atoms with Crippen LogP contribution in [-0.4, -0.2) is 73.3 Å². The fourth-order valence-corrected chi connectivity index (χ4v) is 3.50. The van der Waals surface area contributed by atoms with Crippen LogP contribution in [0.3, 0.4) is 0 Å². The summed E-state index contributed by atoms with van der Waals surface area (Å²) < 4.78 is 0. The lowest BCUT2D eigenvalue weighted by Gasteiger charge is -2.22. The van der Waals surface area contributed by atoms with Crippen molar-refractivity contribution in [3.8, 4) is 0 Å². The molecule has 0 aromatic carbocycles. The van der Waals surface area contributed by atoms with Gasteiger partial charge in [0.15, 0.2) is 0 Å². The Labute approximate surface area is 136 Å². The predicted molar refractivity (Wildman–Crippen MR) is 89.4 cm³/mol. The van der Waals surface area contributed by atoms with Crippen LogP contribution in [0.15, 0.2) is 6.07 Å². The molecule has 0 aliphatic carbocycles. The molecule has 1 fully saturated rings. The highest BCUT2D eigenvalue weighted by Gasteiger charge is 2.23.